The first-order valence-electron chi connectivity index (χ1n) is 6.33. The largest absolute Gasteiger partial charge is 0.451 e. The lowest BCUT2D eigenvalue weighted by Crippen LogP contribution is -2.38. The Balaban J connectivity index is 2.42. The number of esters is 1. The third kappa shape index (κ3) is 2.50. The molecule has 0 saturated heterocycles. The van der Waals surface area contributed by atoms with E-state index in [-0.39, 0.29) is 17.7 Å². The van der Waals surface area contributed by atoms with Crippen LogP contribution in [-0.4, -0.2) is 36.7 Å². The standard InChI is InChI=1S/C12H15N5O5/c1-6(9(13)19)22-7(18)4-17-5-14-10-8(17)11(20)16(3)12(21)15(10)2/h5-6H,4H2,1-3H3,(H2,13,19)/t6-/m1/s1. The van der Waals surface area contributed by atoms with Gasteiger partial charge in [-0.15, -0.1) is 0 Å². The maximum Gasteiger partial charge on any atom is 0.332 e. The Morgan fingerprint density at radius 2 is 1.95 bits per heavy atom. The summed E-state index contributed by atoms with van der Waals surface area (Å²) in [4.78, 5) is 50.5. The molecular weight excluding hydrogens is 294 g/mol. The van der Waals surface area contributed by atoms with Crippen LogP contribution in [0.15, 0.2) is 15.9 Å². The van der Waals surface area contributed by atoms with Crippen molar-refractivity contribution in [2.45, 2.75) is 19.6 Å². The lowest BCUT2D eigenvalue weighted by molar-refractivity contribution is -0.154. The van der Waals surface area contributed by atoms with Crippen LogP contribution in [0.3, 0.4) is 0 Å². The summed E-state index contributed by atoms with van der Waals surface area (Å²) in [5.41, 5.74) is 4.15. The number of hydrogen-bond donors (Lipinski definition) is 1. The summed E-state index contributed by atoms with van der Waals surface area (Å²) in [7, 11) is 2.80. The van der Waals surface area contributed by atoms with Gasteiger partial charge in [0, 0.05) is 14.1 Å². The summed E-state index contributed by atoms with van der Waals surface area (Å²) in [5, 5.41) is 0. The van der Waals surface area contributed by atoms with Crippen LogP contribution in [0.4, 0.5) is 0 Å². The van der Waals surface area contributed by atoms with E-state index in [1.54, 1.807) is 0 Å². The highest BCUT2D eigenvalue weighted by molar-refractivity contribution is 5.82. The topological polar surface area (TPSA) is 131 Å². The van der Waals surface area contributed by atoms with Crippen LogP contribution in [0.2, 0.25) is 0 Å². The molecule has 0 radical (unpaired) electrons. The van der Waals surface area contributed by atoms with E-state index in [1.807, 2.05) is 0 Å². The van der Waals surface area contributed by atoms with Gasteiger partial charge in [-0.2, -0.15) is 0 Å². The van der Waals surface area contributed by atoms with Crippen molar-refractivity contribution in [1.29, 1.82) is 0 Å². The second-order valence-electron chi connectivity index (χ2n) is 4.78. The fourth-order valence-corrected chi connectivity index (χ4v) is 1.95. The first-order chi connectivity index (χ1) is 10.2. The molecule has 10 heteroatoms. The Bertz CT molecular complexity index is 874. The normalized spacial score (nSPS) is 12.3. The molecule has 2 rings (SSSR count). The van der Waals surface area contributed by atoms with E-state index in [2.05, 4.69) is 4.98 Å². The van der Waals surface area contributed by atoms with E-state index in [1.165, 1.54) is 36.5 Å². The van der Waals surface area contributed by atoms with Gasteiger partial charge in [-0.3, -0.25) is 23.5 Å². The number of fused-ring (bicyclic) bond motifs is 1. The van der Waals surface area contributed by atoms with Crippen LogP contribution < -0.4 is 17.0 Å². The maximum atomic E-state index is 12.2. The second kappa shape index (κ2) is 5.47. The molecule has 2 aromatic heterocycles. The fourth-order valence-electron chi connectivity index (χ4n) is 1.95. The Hall–Kier alpha value is -2.91. The Labute approximate surface area is 123 Å². The molecule has 0 unspecified atom stereocenters. The number of aromatic nitrogens is 4. The fraction of sp³-hybridized carbons (Fsp3) is 0.417. The van der Waals surface area contributed by atoms with Gasteiger partial charge in [0.15, 0.2) is 17.3 Å². The molecule has 10 nitrogen and oxygen atoms in total. The van der Waals surface area contributed by atoms with Crippen LogP contribution >= 0.6 is 0 Å². The molecular formula is C12H15N5O5. The number of primary amides is 1. The van der Waals surface area contributed by atoms with Crippen LogP contribution in [0.1, 0.15) is 6.92 Å². The number of imidazole rings is 1. The van der Waals surface area contributed by atoms with Crippen molar-refractivity contribution >= 4 is 23.0 Å². The van der Waals surface area contributed by atoms with Crippen LogP contribution in [0.25, 0.3) is 11.2 Å². The average Bonchev–Trinajstić information content (AvgIpc) is 2.86. The summed E-state index contributed by atoms with van der Waals surface area (Å²) in [6, 6.07) is 0. The first-order valence-corrected chi connectivity index (χ1v) is 6.33. The number of hydrogen-bond acceptors (Lipinski definition) is 6. The molecule has 118 valence electrons. The molecule has 2 heterocycles. The van der Waals surface area contributed by atoms with Gasteiger partial charge in [-0.25, -0.2) is 9.78 Å². The number of nitrogens with two attached hydrogens (primary N) is 1. The van der Waals surface area contributed by atoms with Gasteiger partial charge in [0.1, 0.15) is 6.54 Å². The number of nitrogens with zero attached hydrogens (tertiary/aromatic N) is 4. The minimum absolute atomic E-state index is 0.0910. The van der Waals surface area contributed by atoms with Crippen LogP contribution in [0, 0.1) is 0 Å². The molecule has 0 saturated carbocycles. The van der Waals surface area contributed by atoms with Gasteiger partial charge in [0.2, 0.25) is 0 Å². The van der Waals surface area contributed by atoms with Gasteiger partial charge < -0.3 is 15.0 Å². The molecule has 0 aliphatic heterocycles. The Morgan fingerprint density at radius 1 is 1.32 bits per heavy atom. The zero-order valence-corrected chi connectivity index (χ0v) is 12.3. The lowest BCUT2D eigenvalue weighted by Gasteiger charge is -2.10. The molecule has 1 atom stereocenters. The lowest BCUT2D eigenvalue weighted by atomic mass is 10.4. The summed E-state index contributed by atoms with van der Waals surface area (Å²) in [6.45, 7) is 1.01. The maximum absolute atomic E-state index is 12.2. The molecule has 0 aromatic carbocycles. The summed E-state index contributed by atoms with van der Waals surface area (Å²) in [5.74, 6) is -1.52. The Morgan fingerprint density at radius 3 is 2.55 bits per heavy atom. The highest BCUT2D eigenvalue weighted by atomic mass is 16.5. The van der Waals surface area contributed by atoms with E-state index in [4.69, 9.17) is 10.5 Å². The average molecular weight is 309 g/mol. The zero-order chi connectivity index (χ0) is 16.6. The van der Waals surface area contributed by atoms with Crippen LogP contribution in [0.5, 0.6) is 0 Å². The number of carbonyl (C=O) groups is 2. The minimum Gasteiger partial charge on any atom is -0.451 e. The minimum atomic E-state index is -1.07. The van der Waals surface area contributed by atoms with Crippen molar-refractivity contribution in [2.24, 2.45) is 19.8 Å². The molecule has 0 fully saturated rings. The SMILES string of the molecule is C[C@@H](OC(=O)Cn1cnc2c1c(=O)n(C)c(=O)n2C)C(N)=O. The van der Waals surface area contributed by atoms with E-state index < -0.39 is 29.2 Å². The smallest absolute Gasteiger partial charge is 0.332 e. The summed E-state index contributed by atoms with van der Waals surface area (Å²) < 4.78 is 8.19. The van der Waals surface area contributed by atoms with Crippen molar-refractivity contribution < 1.29 is 14.3 Å². The van der Waals surface area contributed by atoms with Gasteiger partial charge in [0.25, 0.3) is 11.5 Å². The molecule has 0 aliphatic rings. The highest BCUT2D eigenvalue weighted by Crippen LogP contribution is 2.06. The summed E-state index contributed by atoms with van der Waals surface area (Å²) in [6.07, 6.45) is 0.177. The Kier molecular flexibility index (Phi) is 3.85. The summed E-state index contributed by atoms with van der Waals surface area (Å²) >= 11 is 0. The van der Waals surface area contributed by atoms with E-state index >= 15 is 0 Å². The third-order valence-electron chi connectivity index (χ3n) is 3.23. The number of rotatable bonds is 4. The quantitative estimate of drug-likeness (QED) is 0.641. The van der Waals surface area contributed by atoms with Gasteiger partial charge in [-0.1, -0.05) is 0 Å². The molecule has 22 heavy (non-hydrogen) atoms. The van der Waals surface area contributed by atoms with Crippen molar-refractivity contribution in [3.63, 3.8) is 0 Å². The zero-order valence-electron chi connectivity index (χ0n) is 12.3. The molecule has 0 aliphatic carbocycles. The molecule has 0 spiro atoms. The predicted octanol–water partition coefficient (Wildman–Crippen LogP) is -2.15. The van der Waals surface area contributed by atoms with Crippen LogP contribution in [-0.2, 0) is 35.0 Å². The number of ether oxygens (including phenoxy) is 1. The second-order valence-corrected chi connectivity index (χ2v) is 4.78. The first kappa shape index (κ1) is 15.5. The molecule has 2 aromatic rings. The molecule has 1 amide bonds. The van der Waals surface area contributed by atoms with Gasteiger partial charge >= 0.3 is 11.7 Å². The van der Waals surface area contributed by atoms with Crippen molar-refractivity contribution in [3.8, 4) is 0 Å². The van der Waals surface area contributed by atoms with Crippen molar-refractivity contribution in [1.82, 2.24) is 18.7 Å². The van der Waals surface area contributed by atoms with E-state index in [0.717, 1.165) is 4.57 Å². The molecule has 2 N–H and O–H groups in total. The van der Waals surface area contributed by atoms with Gasteiger partial charge in [0.05, 0.1) is 6.33 Å². The number of carbonyl (C=O) groups excluding carboxylic acids is 2. The van der Waals surface area contributed by atoms with E-state index in [0.29, 0.717) is 0 Å². The predicted molar refractivity (Wildman–Crippen MR) is 75.0 cm³/mol. The monoisotopic (exact) mass is 309 g/mol. The van der Waals surface area contributed by atoms with Gasteiger partial charge in [-0.05, 0) is 6.92 Å². The molecule has 0 bridgehead atoms. The number of aryl methyl sites for hydroxylation is 1. The number of amides is 1. The van der Waals surface area contributed by atoms with Crippen molar-refractivity contribution in [3.05, 3.63) is 27.2 Å². The van der Waals surface area contributed by atoms with E-state index in [9.17, 15) is 19.2 Å². The third-order valence-corrected chi connectivity index (χ3v) is 3.23. The van der Waals surface area contributed by atoms with Crippen molar-refractivity contribution in [2.75, 3.05) is 0 Å². The highest BCUT2D eigenvalue weighted by Gasteiger charge is 2.19.